The van der Waals surface area contributed by atoms with Crippen LogP contribution in [-0.2, 0) is 25.1 Å². The Hall–Kier alpha value is -3.99. The van der Waals surface area contributed by atoms with Gasteiger partial charge in [-0.05, 0) is 35.9 Å². The van der Waals surface area contributed by atoms with Crippen molar-refractivity contribution < 1.29 is 44.3 Å². The number of benzene rings is 2. The molecule has 0 bridgehead atoms. The van der Waals surface area contributed by atoms with Crippen LogP contribution in [-0.4, -0.2) is 47.1 Å². The number of rotatable bonds is 5. The Kier molecular flexibility index (Phi) is 9.90. The third kappa shape index (κ3) is 9.00. The van der Waals surface area contributed by atoms with Crippen molar-refractivity contribution in [2.45, 2.75) is 25.1 Å². The molecule has 4 rings (SSSR count). The number of nitrogens with two attached hydrogens (primary N) is 1. The van der Waals surface area contributed by atoms with Gasteiger partial charge < -0.3 is 21.3 Å². The van der Waals surface area contributed by atoms with Gasteiger partial charge in [0, 0.05) is 50.2 Å². The van der Waals surface area contributed by atoms with E-state index in [4.69, 9.17) is 5.73 Å². The maximum atomic E-state index is 13.0. The van der Waals surface area contributed by atoms with Gasteiger partial charge in [0.05, 0.1) is 11.1 Å². The Morgan fingerprint density at radius 1 is 0.744 bits per heavy atom. The fraction of sp³-hybridized carbons (Fsp3) is 0.320. The topological polar surface area (TPSA) is 99.4 Å². The van der Waals surface area contributed by atoms with Gasteiger partial charge in [0.25, 0.3) is 0 Å². The van der Waals surface area contributed by atoms with Gasteiger partial charge in [-0.25, -0.2) is 9.78 Å². The Morgan fingerprint density at radius 2 is 1.28 bits per heavy atom. The maximum Gasteiger partial charge on any atom is 0.433 e. The molecule has 18 heteroatoms. The first-order valence-corrected chi connectivity index (χ1v) is 12.1. The largest absolute Gasteiger partial charge is 0.433 e. The molecule has 2 heterocycles. The number of amides is 2. The minimum absolute atomic E-state index is 0. The minimum Gasteiger partial charge on any atom is -0.368 e. The van der Waals surface area contributed by atoms with Gasteiger partial charge in [-0.1, -0.05) is 12.1 Å². The first-order chi connectivity index (χ1) is 19.5. The number of anilines is 4. The molecule has 43 heavy (non-hydrogen) atoms. The minimum atomic E-state index is -5.06. The third-order valence-electron chi connectivity index (χ3n) is 6.18. The average molecular weight is 644 g/mol. The van der Waals surface area contributed by atoms with E-state index in [1.807, 2.05) is 10.2 Å². The molecule has 0 spiro atoms. The second-order valence-corrected chi connectivity index (χ2v) is 9.30. The van der Waals surface area contributed by atoms with Crippen molar-refractivity contribution in [3.63, 3.8) is 0 Å². The van der Waals surface area contributed by atoms with Crippen LogP contribution in [0.15, 0.2) is 48.5 Å². The van der Waals surface area contributed by atoms with Gasteiger partial charge in [-0.3, -0.25) is 4.90 Å². The molecule has 1 aliphatic heterocycles. The van der Waals surface area contributed by atoms with Gasteiger partial charge in [0.1, 0.15) is 5.82 Å². The van der Waals surface area contributed by atoms with Crippen molar-refractivity contribution in [1.29, 1.82) is 0 Å². The molecule has 1 aromatic heterocycles. The Balaban J connectivity index is 0.00000506. The van der Waals surface area contributed by atoms with Crippen LogP contribution < -0.4 is 21.3 Å². The quantitative estimate of drug-likeness (QED) is 0.275. The zero-order valence-corrected chi connectivity index (χ0v) is 22.6. The fourth-order valence-electron chi connectivity index (χ4n) is 4.17. The number of halogens is 10. The number of hydrogen-bond donors (Lipinski definition) is 3. The highest BCUT2D eigenvalue weighted by atomic mass is 35.5. The van der Waals surface area contributed by atoms with Crippen LogP contribution in [0.2, 0.25) is 0 Å². The van der Waals surface area contributed by atoms with Crippen LogP contribution in [0.5, 0.6) is 0 Å². The predicted octanol–water partition coefficient (Wildman–Crippen LogP) is 6.50. The highest BCUT2D eigenvalue weighted by Crippen LogP contribution is 2.37. The number of aromatic nitrogens is 2. The molecule has 2 aromatic carbocycles. The molecule has 0 aliphatic carbocycles. The summed E-state index contributed by atoms with van der Waals surface area (Å²) in [5.74, 6) is -0.409. The van der Waals surface area contributed by atoms with Crippen molar-refractivity contribution in [2.24, 2.45) is 0 Å². The van der Waals surface area contributed by atoms with Crippen LogP contribution >= 0.6 is 12.4 Å². The lowest BCUT2D eigenvalue weighted by Crippen LogP contribution is -2.46. The molecule has 0 radical (unpaired) electrons. The molecular formula is C25H23ClF9N7O. The van der Waals surface area contributed by atoms with E-state index in [1.165, 1.54) is 12.1 Å². The van der Waals surface area contributed by atoms with E-state index in [1.54, 1.807) is 17.0 Å². The van der Waals surface area contributed by atoms with Crippen LogP contribution in [0.4, 0.5) is 67.4 Å². The highest BCUT2D eigenvalue weighted by Gasteiger charge is 2.37. The van der Waals surface area contributed by atoms with Crippen molar-refractivity contribution in [3.05, 3.63) is 70.9 Å². The summed E-state index contributed by atoms with van der Waals surface area (Å²) in [4.78, 5) is 23.1. The number of carbonyl (C=O) groups excluding carboxylic acids is 1. The first-order valence-electron chi connectivity index (χ1n) is 12.1. The lowest BCUT2D eigenvalue weighted by atomic mass is 10.1. The number of hydrogen-bond acceptors (Lipinski definition) is 6. The van der Waals surface area contributed by atoms with E-state index in [0.717, 1.165) is 11.6 Å². The molecule has 0 atom stereocenters. The lowest BCUT2D eigenvalue weighted by Gasteiger charge is -2.35. The number of piperazine rings is 1. The number of carbonyl (C=O) groups is 1. The molecule has 8 nitrogen and oxygen atoms in total. The average Bonchev–Trinajstić information content (AvgIpc) is 2.88. The summed E-state index contributed by atoms with van der Waals surface area (Å²) < 4.78 is 117. The Morgan fingerprint density at radius 3 is 1.79 bits per heavy atom. The second kappa shape index (κ2) is 12.7. The summed E-state index contributed by atoms with van der Waals surface area (Å²) in [6.07, 6.45) is -14.8. The second-order valence-electron chi connectivity index (χ2n) is 9.30. The standard InChI is InChI=1S/C25H22F9N7O.ClH/c26-23(27,28)15-9-16(24(29,30)31)11-18(10-15)37-22(42)36-17-3-1-14(2-4-17)13-40-5-7-41(8-6-40)20-12-19(25(32,33)34)38-21(35)39-20;/h1-4,9-12H,5-8,13H2,(H2,35,38,39)(H2,36,37,42);1H. The third-order valence-corrected chi connectivity index (χ3v) is 6.18. The number of alkyl halides is 9. The van der Waals surface area contributed by atoms with Crippen LogP contribution in [0.1, 0.15) is 22.4 Å². The molecule has 1 fully saturated rings. The fourth-order valence-corrected chi connectivity index (χ4v) is 4.17. The van der Waals surface area contributed by atoms with E-state index < -0.39 is 53.0 Å². The molecule has 0 saturated carbocycles. The van der Waals surface area contributed by atoms with Gasteiger partial charge in [-0.15, -0.1) is 12.4 Å². The van der Waals surface area contributed by atoms with Crippen molar-refractivity contribution in [3.8, 4) is 0 Å². The number of urea groups is 1. The summed E-state index contributed by atoms with van der Waals surface area (Å²) in [7, 11) is 0. The summed E-state index contributed by atoms with van der Waals surface area (Å²) in [5.41, 5.74) is 1.54. The van der Waals surface area contributed by atoms with Crippen molar-refractivity contribution >= 4 is 41.6 Å². The van der Waals surface area contributed by atoms with Crippen LogP contribution in [0, 0.1) is 0 Å². The number of nitrogens with zero attached hydrogens (tertiary/aromatic N) is 4. The molecular weight excluding hydrogens is 621 g/mol. The zero-order valence-electron chi connectivity index (χ0n) is 21.7. The molecule has 1 saturated heterocycles. The molecule has 1 aliphatic rings. The van der Waals surface area contributed by atoms with Gasteiger partial charge in [0.2, 0.25) is 5.95 Å². The van der Waals surface area contributed by atoms with Crippen LogP contribution in [0.3, 0.4) is 0 Å². The van der Waals surface area contributed by atoms with E-state index in [-0.39, 0.29) is 30.0 Å². The van der Waals surface area contributed by atoms with Crippen LogP contribution in [0.25, 0.3) is 0 Å². The first kappa shape index (κ1) is 33.5. The molecule has 0 unspecified atom stereocenters. The van der Waals surface area contributed by atoms with Gasteiger partial charge >= 0.3 is 24.6 Å². The molecule has 3 aromatic rings. The van der Waals surface area contributed by atoms with Crippen molar-refractivity contribution in [1.82, 2.24) is 14.9 Å². The maximum absolute atomic E-state index is 13.0. The van der Waals surface area contributed by atoms with Crippen molar-refractivity contribution in [2.75, 3.05) is 47.4 Å². The smallest absolute Gasteiger partial charge is 0.368 e. The zero-order chi connectivity index (χ0) is 30.9. The predicted molar refractivity (Wildman–Crippen MR) is 142 cm³/mol. The van der Waals surface area contributed by atoms with E-state index in [0.29, 0.717) is 44.9 Å². The van der Waals surface area contributed by atoms with E-state index in [9.17, 15) is 44.3 Å². The van der Waals surface area contributed by atoms with Gasteiger partial charge in [-0.2, -0.15) is 44.5 Å². The molecule has 234 valence electrons. The normalized spacial score (nSPS) is 14.7. The highest BCUT2D eigenvalue weighted by molar-refractivity contribution is 5.99. The lowest BCUT2D eigenvalue weighted by molar-refractivity contribution is -0.143. The summed E-state index contributed by atoms with van der Waals surface area (Å²) in [6, 6.07) is 6.86. The summed E-state index contributed by atoms with van der Waals surface area (Å²) in [5, 5.41) is 4.33. The monoisotopic (exact) mass is 643 g/mol. The summed E-state index contributed by atoms with van der Waals surface area (Å²) >= 11 is 0. The molecule has 4 N–H and O–H groups in total. The van der Waals surface area contributed by atoms with E-state index >= 15 is 0 Å². The number of nitrogens with one attached hydrogen (secondary N) is 2. The Labute approximate surface area is 244 Å². The Bertz CT molecular complexity index is 1390. The molecule has 2 amide bonds. The number of nitrogen functional groups attached to an aromatic ring is 1. The summed E-state index contributed by atoms with van der Waals surface area (Å²) in [6.45, 7) is 2.19. The van der Waals surface area contributed by atoms with Gasteiger partial charge in [0.15, 0.2) is 5.69 Å². The van der Waals surface area contributed by atoms with E-state index in [2.05, 4.69) is 15.3 Å². The SMILES string of the molecule is Cl.Nc1nc(N2CCN(Cc3ccc(NC(=O)Nc4cc(C(F)(F)F)cc(C(F)(F)F)c4)cc3)CC2)cc(C(F)(F)F)n1.